The third kappa shape index (κ3) is 1.56. The minimum absolute atomic E-state index is 0.0344. The van der Waals surface area contributed by atoms with E-state index in [0.29, 0.717) is 0 Å². The summed E-state index contributed by atoms with van der Waals surface area (Å²) in [5, 5.41) is 28.2. The SMILES string of the molecule is COc1cc(C#N)c([N+](=O)[O-])cc1O. The molecule has 1 aromatic carbocycles. The summed E-state index contributed by atoms with van der Waals surface area (Å²) in [5.74, 6) is -0.328. The molecular weight excluding hydrogens is 188 g/mol. The molecule has 0 saturated carbocycles. The van der Waals surface area contributed by atoms with Crippen LogP contribution in [0.25, 0.3) is 0 Å². The van der Waals surface area contributed by atoms with E-state index in [0.717, 1.165) is 12.1 Å². The van der Waals surface area contributed by atoms with E-state index in [-0.39, 0.29) is 17.1 Å². The largest absolute Gasteiger partial charge is 0.504 e. The van der Waals surface area contributed by atoms with Crippen LogP contribution >= 0.6 is 0 Å². The Morgan fingerprint density at radius 1 is 1.64 bits per heavy atom. The molecule has 1 N–H and O–H groups in total. The highest BCUT2D eigenvalue weighted by Gasteiger charge is 2.17. The Kier molecular flexibility index (Phi) is 2.53. The number of ether oxygens (including phenoxy) is 1. The second kappa shape index (κ2) is 3.62. The van der Waals surface area contributed by atoms with Crippen LogP contribution in [0.5, 0.6) is 11.5 Å². The Labute approximate surface area is 79.1 Å². The molecule has 0 saturated heterocycles. The zero-order chi connectivity index (χ0) is 10.7. The van der Waals surface area contributed by atoms with Gasteiger partial charge in [-0.25, -0.2) is 0 Å². The fourth-order valence-electron chi connectivity index (χ4n) is 0.961. The van der Waals surface area contributed by atoms with Gasteiger partial charge in [0.25, 0.3) is 5.69 Å². The molecule has 14 heavy (non-hydrogen) atoms. The van der Waals surface area contributed by atoms with E-state index in [2.05, 4.69) is 0 Å². The molecule has 1 aromatic rings. The fourth-order valence-corrected chi connectivity index (χ4v) is 0.961. The number of phenols is 1. The number of nitro benzene ring substituents is 1. The van der Waals surface area contributed by atoms with Gasteiger partial charge in [0.15, 0.2) is 11.5 Å². The van der Waals surface area contributed by atoms with E-state index < -0.39 is 10.6 Å². The van der Waals surface area contributed by atoms with Gasteiger partial charge in [-0.05, 0) is 0 Å². The zero-order valence-corrected chi connectivity index (χ0v) is 7.22. The van der Waals surface area contributed by atoms with Crippen molar-refractivity contribution in [3.05, 3.63) is 27.8 Å². The quantitative estimate of drug-likeness (QED) is 0.563. The van der Waals surface area contributed by atoms with E-state index in [4.69, 9.17) is 10.00 Å². The number of methoxy groups -OCH3 is 1. The van der Waals surface area contributed by atoms with Crippen molar-refractivity contribution in [2.75, 3.05) is 7.11 Å². The number of hydrogen-bond donors (Lipinski definition) is 1. The summed E-state index contributed by atoms with van der Waals surface area (Å²) in [7, 11) is 1.29. The Bertz CT molecular complexity index is 422. The van der Waals surface area contributed by atoms with Crippen LogP contribution in [0.2, 0.25) is 0 Å². The third-order valence-electron chi connectivity index (χ3n) is 1.61. The van der Waals surface area contributed by atoms with E-state index in [1.54, 1.807) is 6.07 Å². The molecule has 0 spiro atoms. The standard InChI is InChI=1S/C8H6N2O4/c1-14-8-2-5(4-9)6(10(12)13)3-7(8)11/h2-3,11H,1H3. The lowest BCUT2D eigenvalue weighted by atomic mass is 10.2. The maximum Gasteiger partial charge on any atom is 0.291 e. The predicted octanol–water partition coefficient (Wildman–Crippen LogP) is 1.18. The maximum atomic E-state index is 10.4. The molecule has 0 aliphatic heterocycles. The van der Waals surface area contributed by atoms with Crippen molar-refractivity contribution in [2.24, 2.45) is 0 Å². The summed E-state index contributed by atoms with van der Waals surface area (Å²) < 4.78 is 4.70. The molecule has 0 aromatic heterocycles. The minimum atomic E-state index is -0.738. The number of nitro groups is 1. The van der Waals surface area contributed by atoms with Crippen LogP contribution in [0.1, 0.15) is 5.56 Å². The number of benzene rings is 1. The van der Waals surface area contributed by atoms with Crippen molar-refractivity contribution in [2.45, 2.75) is 0 Å². The van der Waals surface area contributed by atoms with Crippen molar-refractivity contribution in [1.29, 1.82) is 5.26 Å². The van der Waals surface area contributed by atoms with Gasteiger partial charge in [0, 0.05) is 6.07 Å². The molecule has 1 rings (SSSR count). The summed E-state index contributed by atoms with van der Waals surface area (Å²) in [5.41, 5.74) is -0.588. The van der Waals surface area contributed by atoms with Gasteiger partial charge in [-0.3, -0.25) is 10.1 Å². The minimum Gasteiger partial charge on any atom is -0.504 e. The molecule has 0 atom stereocenters. The number of phenolic OH excluding ortho intramolecular Hbond substituents is 1. The van der Waals surface area contributed by atoms with Crippen LogP contribution in [0.15, 0.2) is 12.1 Å². The lowest BCUT2D eigenvalue weighted by Crippen LogP contribution is -1.93. The zero-order valence-electron chi connectivity index (χ0n) is 7.22. The first kappa shape index (κ1) is 9.80. The Morgan fingerprint density at radius 3 is 2.71 bits per heavy atom. The average Bonchev–Trinajstić information content (AvgIpc) is 2.17. The highest BCUT2D eigenvalue weighted by atomic mass is 16.6. The molecule has 0 aliphatic carbocycles. The number of rotatable bonds is 2. The van der Waals surface area contributed by atoms with Gasteiger partial charge in [0.05, 0.1) is 18.1 Å². The molecule has 0 unspecified atom stereocenters. The van der Waals surface area contributed by atoms with Crippen molar-refractivity contribution < 1.29 is 14.8 Å². The van der Waals surface area contributed by atoms with Gasteiger partial charge in [0.1, 0.15) is 11.6 Å². The predicted molar refractivity (Wildman–Crippen MR) is 46.0 cm³/mol. The van der Waals surface area contributed by atoms with Crippen LogP contribution < -0.4 is 4.74 Å². The van der Waals surface area contributed by atoms with Gasteiger partial charge in [-0.1, -0.05) is 0 Å². The molecule has 6 heteroatoms. The van der Waals surface area contributed by atoms with Crippen LogP contribution in [0.4, 0.5) is 5.69 Å². The van der Waals surface area contributed by atoms with Gasteiger partial charge >= 0.3 is 0 Å². The van der Waals surface area contributed by atoms with Crippen molar-refractivity contribution in [3.63, 3.8) is 0 Å². The van der Waals surface area contributed by atoms with E-state index in [1.165, 1.54) is 7.11 Å². The van der Waals surface area contributed by atoms with Gasteiger partial charge in [-0.15, -0.1) is 0 Å². The number of aromatic hydroxyl groups is 1. The Hall–Kier alpha value is -2.29. The van der Waals surface area contributed by atoms with Crippen LogP contribution in [0, 0.1) is 21.4 Å². The Morgan fingerprint density at radius 2 is 2.29 bits per heavy atom. The molecule has 0 fully saturated rings. The summed E-state index contributed by atoms with van der Waals surface area (Å²) in [6, 6.07) is 3.65. The smallest absolute Gasteiger partial charge is 0.291 e. The first-order valence-corrected chi connectivity index (χ1v) is 3.55. The molecule has 6 nitrogen and oxygen atoms in total. The number of hydrogen-bond acceptors (Lipinski definition) is 5. The number of nitriles is 1. The van der Waals surface area contributed by atoms with Crippen molar-refractivity contribution in [3.8, 4) is 17.6 Å². The molecule has 0 bridgehead atoms. The van der Waals surface area contributed by atoms with Crippen molar-refractivity contribution in [1.82, 2.24) is 0 Å². The molecule has 72 valence electrons. The van der Waals surface area contributed by atoms with E-state index in [1.807, 2.05) is 0 Å². The van der Waals surface area contributed by atoms with Crippen LogP contribution in [-0.2, 0) is 0 Å². The normalized spacial score (nSPS) is 9.14. The average molecular weight is 194 g/mol. The van der Waals surface area contributed by atoms with Gasteiger partial charge in [-0.2, -0.15) is 5.26 Å². The second-order valence-electron chi connectivity index (χ2n) is 2.41. The number of nitrogens with zero attached hydrogens (tertiary/aromatic N) is 2. The lowest BCUT2D eigenvalue weighted by Gasteiger charge is -2.03. The van der Waals surface area contributed by atoms with Crippen molar-refractivity contribution >= 4 is 5.69 Å². The molecular formula is C8H6N2O4. The summed E-state index contributed by atoms with van der Waals surface area (Å²) in [6.45, 7) is 0. The molecule has 0 radical (unpaired) electrons. The summed E-state index contributed by atoms with van der Waals surface area (Å²) in [6.07, 6.45) is 0. The van der Waals surface area contributed by atoms with Gasteiger partial charge < -0.3 is 9.84 Å². The summed E-state index contributed by atoms with van der Waals surface area (Å²) >= 11 is 0. The van der Waals surface area contributed by atoms with Gasteiger partial charge in [0.2, 0.25) is 0 Å². The monoisotopic (exact) mass is 194 g/mol. The second-order valence-corrected chi connectivity index (χ2v) is 2.41. The fraction of sp³-hybridized carbons (Fsp3) is 0.125. The van der Waals surface area contributed by atoms with E-state index in [9.17, 15) is 15.2 Å². The maximum absolute atomic E-state index is 10.4. The molecule has 0 amide bonds. The van der Waals surface area contributed by atoms with E-state index >= 15 is 0 Å². The summed E-state index contributed by atoms with van der Waals surface area (Å²) in [4.78, 5) is 9.70. The topological polar surface area (TPSA) is 96.4 Å². The first-order chi connectivity index (χ1) is 6.60. The highest BCUT2D eigenvalue weighted by Crippen LogP contribution is 2.32. The third-order valence-corrected chi connectivity index (χ3v) is 1.61. The first-order valence-electron chi connectivity index (χ1n) is 3.55. The molecule has 0 heterocycles. The lowest BCUT2D eigenvalue weighted by molar-refractivity contribution is -0.385. The van der Waals surface area contributed by atoms with Crippen LogP contribution in [0.3, 0.4) is 0 Å². The van der Waals surface area contributed by atoms with Crippen LogP contribution in [-0.4, -0.2) is 17.1 Å². The Balaban J connectivity index is 3.41. The molecule has 0 aliphatic rings. The highest BCUT2D eigenvalue weighted by molar-refractivity contribution is 5.58.